The van der Waals surface area contributed by atoms with Crippen LogP contribution in [0.1, 0.15) is 10.4 Å². The number of benzene rings is 2. The molecule has 32 heavy (non-hydrogen) atoms. The lowest BCUT2D eigenvalue weighted by Crippen LogP contribution is -2.51. The van der Waals surface area contributed by atoms with Crippen LogP contribution in [0.5, 0.6) is 5.75 Å². The molecule has 1 aliphatic rings. The Morgan fingerprint density at radius 1 is 0.969 bits per heavy atom. The summed E-state index contributed by atoms with van der Waals surface area (Å²) in [5.41, 5.74) is -0.305. The van der Waals surface area contributed by atoms with Gasteiger partial charge in [-0.2, -0.15) is 13.9 Å². The third-order valence-corrected chi connectivity index (χ3v) is 5.30. The summed E-state index contributed by atoms with van der Waals surface area (Å²) in [6.07, 6.45) is 1.54. The van der Waals surface area contributed by atoms with E-state index in [0.717, 1.165) is 4.68 Å². The van der Waals surface area contributed by atoms with E-state index in [-0.39, 0.29) is 55.5 Å². The fourth-order valence-corrected chi connectivity index (χ4v) is 3.64. The predicted molar refractivity (Wildman–Crippen MR) is 112 cm³/mol. The monoisotopic (exact) mass is 442 g/mol. The molecule has 166 valence electrons. The average molecular weight is 442 g/mol. The van der Waals surface area contributed by atoms with Gasteiger partial charge in [0.1, 0.15) is 12.3 Å². The van der Waals surface area contributed by atoms with Crippen molar-refractivity contribution in [3.8, 4) is 5.75 Å². The van der Waals surface area contributed by atoms with Crippen LogP contribution in [0, 0.1) is 0 Å². The number of ether oxygens (including phenoxy) is 1. The first-order valence-corrected chi connectivity index (χ1v) is 10.00. The van der Waals surface area contributed by atoms with Crippen molar-refractivity contribution in [2.45, 2.75) is 13.2 Å². The van der Waals surface area contributed by atoms with Crippen LogP contribution in [0.2, 0.25) is 0 Å². The third-order valence-electron chi connectivity index (χ3n) is 5.30. The Labute approximate surface area is 181 Å². The standard InChI is InChI=1S/C22H20F2N4O4/c23-22(24)32-18-8-4-3-7-17(18)20(30)27-11-9-26(10-12-27)19(29)14-28-21(31)16-6-2-1-5-15(16)13-25-28/h1-8,13,22H,9-12,14H2. The first-order chi connectivity index (χ1) is 15.4. The number of carbonyl (C=O) groups is 2. The Morgan fingerprint density at radius 2 is 1.62 bits per heavy atom. The third kappa shape index (κ3) is 4.43. The van der Waals surface area contributed by atoms with Crippen LogP contribution in [-0.4, -0.2) is 64.2 Å². The lowest BCUT2D eigenvalue weighted by atomic mass is 10.1. The van der Waals surface area contributed by atoms with Gasteiger partial charge in [0.25, 0.3) is 11.5 Å². The molecule has 2 heterocycles. The number of hydrogen-bond donors (Lipinski definition) is 0. The number of halogens is 2. The summed E-state index contributed by atoms with van der Waals surface area (Å²) < 4.78 is 30.8. The Kier molecular flexibility index (Phi) is 6.11. The molecule has 0 radical (unpaired) electrons. The molecule has 8 nitrogen and oxygen atoms in total. The molecule has 1 fully saturated rings. The number of fused-ring (bicyclic) bond motifs is 1. The van der Waals surface area contributed by atoms with Crippen molar-refractivity contribution in [3.05, 3.63) is 70.6 Å². The molecule has 1 aromatic heterocycles. The largest absolute Gasteiger partial charge is 0.434 e. The summed E-state index contributed by atoms with van der Waals surface area (Å²) >= 11 is 0. The van der Waals surface area contributed by atoms with E-state index in [0.29, 0.717) is 10.8 Å². The van der Waals surface area contributed by atoms with Crippen LogP contribution in [0.25, 0.3) is 10.8 Å². The van der Waals surface area contributed by atoms with Crippen molar-refractivity contribution in [2.75, 3.05) is 26.2 Å². The summed E-state index contributed by atoms with van der Waals surface area (Å²) in [5.74, 6) is -0.920. The van der Waals surface area contributed by atoms with Crippen molar-refractivity contribution in [1.29, 1.82) is 0 Å². The van der Waals surface area contributed by atoms with Crippen LogP contribution in [0.4, 0.5) is 8.78 Å². The molecule has 0 saturated carbocycles. The molecule has 1 saturated heterocycles. The highest BCUT2D eigenvalue weighted by Crippen LogP contribution is 2.22. The van der Waals surface area contributed by atoms with E-state index in [1.165, 1.54) is 23.1 Å². The molecule has 10 heteroatoms. The molecule has 4 rings (SSSR count). The Balaban J connectivity index is 1.40. The van der Waals surface area contributed by atoms with Crippen molar-refractivity contribution < 1.29 is 23.1 Å². The molecular weight excluding hydrogens is 422 g/mol. The zero-order chi connectivity index (χ0) is 22.7. The van der Waals surface area contributed by atoms with Gasteiger partial charge >= 0.3 is 6.61 Å². The minimum absolute atomic E-state index is 0.0412. The number of nitrogens with zero attached hydrogens (tertiary/aromatic N) is 4. The lowest BCUT2D eigenvalue weighted by Gasteiger charge is -2.35. The number of aromatic nitrogens is 2. The molecular formula is C22H20F2N4O4. The van der Waals surface area contributed by atoms with Gasteiger partial charge in [0.15, 0.2) is 0 Å². The lowest BCUT2D eigenvalue weighted by molar-refractivity contribution is -0.133. The van der Waals surface area contributed by atoms with Crippen molar-refractivity contribution >= 4 is 22.6 Å². The highest BCUT2D eigenvalue weighted by molar-refractivity contribution is 5.97. The number of hydrogen-bond acceptors (Lipinski definition) is 5. The summed E-state index contributed by atoms with van der Waals surface area (Å²) in [7, 11) is 0. The number of para-hydroxylation sites is 1. The van der Waals surface area contributed by atoms with Crippen molar-refractivity contribution in [1.82, 2.24) is 19.6 Å². The molecule has 3 aromatic rings. The van der Waals surface area contributed by atoms with Gasteiger partial charge in [-0.3, -0.25) is 14.4 Å². The first kappa shape index (κ1) is 21.4. The SMILES string of the molecule is O=C(Cn1ncc2ccccc2c1=O)N1CCN(C(=O)c2ccccc2OC(F)F)CC1. The fourth-order valence-electron chi connectivity index (χ4n) is 3.64. The molecule has 2 aromatic carbocycles. The molecule has 2 amide bonds. The van der Waals surface area contributed by atoms with Crippen molar-refractivity contribution in [2.24, 2.45) is 0 Å². The maximum atomic E-state index is 12.8. The summed E-state index contributed by atoms with van der Waals surface area (Å²) in [6.45, 7) is -2.27. The molecule has 0 N–H and O–H groups in total. The molecule has 0 atom stereocenters. The van der Waals surface area contributed by atoms with E-state index in [9.17, 15) is 23.2 Å². The minimum atomic E-state index is -3.04. The highest BCUT2D eigenvalue weighted by Gasteiger charge is 2.27. The van der Waals surface area contributed by atoms with Crippen LogP contribution in [-0.2, 0) is 11.3 Å². The zero-order valence-corrected chi connectivity index (χ0v) is 17.0. The Hall–Kier alpha value is -3.82. The minimum Gasteiger partial charge on any atom is -0.434 e. The number of amides is 2. The van der Waals surface area contributed by atoms with Gasteiger partial charge in [-0.1, -0.05) is 30.3 Å². The number of alkyl halides is 2. The van der Waals surface area contributed by atoms with E-state index in [1.54, 1.807) is 41.4 Å². The van der Waals surface area contributed by atoms with E-state index in [2.05, 4.69) is 9.84 Å². The van der Waals surface area contributed by atoms with Crippen LogP contribution >= 0.6 is 0 Å². The van der Waals surface area contributed by atoms with Crippen LogP contribution in [0.15, 0.2) is 59.5 Å². The van der Waals surface area contributed by atoms with Gasteiger partial charge < -0.3 is 14.5 Å². The molecule has 0 unspecified atom stereocenters. The highest BCUT2D eigenvalue weighted by atomic mass is 19.3. The van der Waals surface area contributed by atoms with Gasteiger partial charge in [0.05, 0.1) is 17.1 Å². The topological polar surface area (TPSA) is 84.7 Å². The fraction of sp³-hybridized carbons (Fsp3) is 0.273. The van der Waals surface area contributed by atoms with Gasteiger partial charge in [-0.05, 0) is 18.2 Å². The maximum absolute atomic E-state index is 12.8. The molecule has 0 bridgehead atoms. The predicted octanol–water partition coefficient (Wildman–Crippen LogP) is 1.98. The van der Waals surface area contributed by atoms with E-state index in [1.807, 2.05) is 0 Å². The van der Waals surface area contributed by atoms with Gasteiger partial charge in [-0.15, -0.1) is 0 Å². The maximum Gasteiger partial charge on any atom is 0.387 e. The summed E-state index contributed by atoms with van der Waals surface area (Å²) in [4.78, 5) is 41.1. The normalized spacial score (nSPS) is 14.1. The number of piperazine rings is 1. The summed E-state index contributed by atoms with van der Waals surface area (Å²) in [5, 5.41) is 5.25. The van der Waals surface area contributed by atoms with Crippen LogP contribution in [0.3, 0.4) is 0 Å². The average Bonchev–Trinajstić information content (AvgIpc) is 2.80. The number of rotatable bonds is 5. The van der Waals surface area contributed by atoms with E-state index >= 15 is 0 Å². The molecule has 0 aliphatic carbocycles. The van der Waals surface area contributed by atoms with Gasteiger partial charge in [-0.25, -0.2) is 4.68 Å². The van der Waals surface area contributed by atoms with Gasteiger partial charge in [0.2, 0.25) is 5.91 Å². The summed E-state index contributed by atoms with van der Waals surface area (Å²) in [6, 6.07) is 12.8. The second kappa shape index (κ2) is 9.13. The smallest absolute Gasteiger partial charge is 0.387 e. The van der Waals surface area contributed by atoms with Gasteiger partial charge in [0, 0.05) is 31.6 Å². The van der Waals surface area contributed by atoms with Crippen molar-refractivity contribution in [3.63, 3.8) is 0 Å². The Bertz CT molecular complexity index is 1210. The van der Waals surface area contributed by atoms with E-state index < -0.39 is 12.5 Å². The second-order valence-electron chi connectivity index (χ2n) is 7.24. The van der Waals surface area contributed by atoms with E-state index in [4.69, 9.17) is 0 Å². The molecule has 0 spiro atoms. The Morgan fingerprint density at radius 3 is 2.38 bits per heavy atom. The van der Waals surface area contributed by atoms with Crippen LogP contribution < -0.4 is 10.3 Å². The molecule has 1 aliphatic heterocycles. The quantitative estimate of drug-likeness (QED) is 0.603. The zero-order valence-electron chi connectivity index (χ0n) is 17.0. The number of carbonyl (C=O) groups excluding carboxylic acids is 2. The second-order valence-corrected chi connectivity index (χ2v) is 7.24. The first-order valence-electron chi connectivity index (χ1n) is 10.00.